The van der Waals surface area contributed by atoms with Crippen LogP contribution in [0.5, 0.6) is 0 Å². The number of carbonyl (C=O) groups excluding carboxylic acids is 1. The Bertz CT molecular complexity index is 842. The SMILES string of the molecule is CN(CC(=O)Nc1ccc([N+](=O)[O-])cc1Cl)Cc1ccc(C(F)(F)F)cc1. The van der Waals surface area contributed by atoms with Gasteiger partial charge in [0.1, 0.15) is 0 Å². The number of rotatable bonds is 6. The highest BCUT2D eigenvalue weighted by Crippen LogP contribution is 2.29. The minimum absolute atomic E-state index is 0.0305. The average Bonchev–Trinajstić information content (AvgIpc) is 2.56. The molecule has 1 amide bonds. The Morgan fingerprint density at radius 1 is 1.22 bits per heavy atom. The van der Waals surface area contributed by atoms with Crippen LogP contribution in [0, 0.1) is 10.1 Å². The van der Waals surface area contributed by atoms with Gasteiger partial charge in [0.2, 0.25) is 5.91 Å². The van der Waals surface area contributed by atoms with Crippen molar-refractivity contribution in [2.24, 2.45) is 0 Å². The summed E-state index contributed by atoms with van der Waals surface area (Å²) in [5.41, 5.74) is -0.0845. The van der Waals surface area contributed by atoms with Gasteiger partial charge in [0, 0.05) is 18.7 Å². The first kappa shape index (κ1) is 20.7. The number of anilines is 1. The van der Waals surface area contributed by atoms with E-state index in [4.69, 9.17) is 11.6 Å². The van der Waals surface area contributed by atoms with Gasteiger partial charge < -0.3 is 5.32 Å². The van der Waals surface area contributed by atoms with Crippen molar-refractivity contribution < 1.29 is 22.9 Å². The summed E-state index contributed by atoms with van der Waals surface area (Å²) in [6, 6.07) is 8.35. The van der Waals surface area contributed by atoms with Gasteiger partial charge in [-0.15, -0.1) is 0 Å². The van der Waals surface area contributed by atoms with E-state index in [0.29, 0.717) is 5.56 Å². The highest BCUT2D eigenvalue weighted by Gasteiger charge is 2.29. The van der Waals surface area contributed by atoms with Gasteiger partial charge in [-0.05, 0) is 30.8 Å². The lowest BCUT2D eigenvalue weighted by Gasteiger charge is -2.17. The van der Waals surface area contributed by atoms with Gasteiger partial charge in [0.05, 0.1) is 27.7 Å². The fourth-order valence-electron chi connectivity index (χ4n) is 2.32. The van der Waals surface area contributed by atoms with Crippen LogP contribution in [0.15, 0.2) is 42.5 Å². The minimum Gasteiger partial charge on any atom is -0.324 e. The second-order valence-electron chi connectivity index (χ2n) is 5.84. The van der Waals surface area contributed by atoms with Crippen LogP contribution in [-0.2, 0) is 17.5 Å². The number of nitrogens with zero attached hydrogens (tertiary/aromatic N) is 2. The Hall–Kier alpha value is -2.65. The predicted molar refractivity (Wildman–Crippen MR) is 94.5 cm³/mol. The summed E-state index contributed by atoms with van der Waals surface area (Å²) >= 11 is 5.91. The second-order valence-corrected chi connectivity index (χ2v) is 6.24. The van der Waals surface area contributed by atoms with E-state index >= 15 is 0 Å². The van der Waals surface area contributed by atoms with E-state index in [0.717, 1.165) is 18.2 Å². The van der Waals surface area contributed by atoms with Crippen LogP contribution in [0.3, 0.4) is 0 Å². The van der Waals surface area contributed by atoms with Crippen molar-refractivity contribution in [3.05, 3.63) is 68.7 Å². The zero-order chi connectivity index (χ0) is 20.2. The van der Waals surface area contributed by atoms with Crippen molar-refractivity contribution >= 4 is 28.9 Å². The van der Waals surface area contributed by atoms with Gasteiger partial charge in [-0.3, -0.25) is 19.8 Å². The number of non-ortho nitro benzene ring substituents is 1. The maximum absolute atomic E-state index is 12.6. The first-order chi connectivity index (χ1) is 12.6. The summed E-state index contributed by atoms with van der Waals surface area (Å²) in [6.45, 7) is 0.216. The molecule has 144 valence electrons. The number of nitro groups is 1. The maximum Gasteiger partial charge on any atom is 0.416 e. The topological polar surface area (TPSA) is 75.5 Å². The lowest BCUT2D eigenvalue weighted by atomic mass is 10.1. The molecule has 0 saturated carbocycles. The number of amides is 1. The molecule has 0 aliphatic heterocycles. The molecule has 27 heavy (non-hydrogen) atoms. The smallest absolute Gasteiger partial charge is 0.324 e. The van der Waals surface area contributed by atoms with Crippen LogP contribution in [0.1, 0.15) is 11.1 Å². The molecule has 1 N–H and O–H groups in total. The van der Waals surface area contributed by atoms with E-state index in [-0.39, 0.29) is 29.5 Å². The van der Waals surface area contributed by atoms with Crippen molar-refractivity contribution in [2.75, 3.05) is 18.9 Å². The lowest BCUT2D eigenvalue weighted by molar-refractivity contribution is -0.384. The fraction of sp³-hybridized carbons (Fsp3) is 0.235. The summed E-state index contributed by atoms with van der Waals surface area (Å²) in [5.74, 6) is -0.417. The van der Waals surface area contributed by atoms with E-state index < -0.39 is 22.6 Å². The second kappa shape index (κ2) is 8.36. The third-order valence-corrected chi connectivity index (χ3v) is 3.90. The fourth-order valence-corrected chi connectivity index (χ4v) is 2.54. The Morgan fingerprint density at radius 2 is 1.85 bits per heavy atom. The number of alkyl halides is 3. The van der Waals surface area contributed by atoms with Gasteiger partial charge in [-0.1, -0.05) is 23.7 Å². The normalized spacial score (nSPS) is 11.5. The molecule has 0 aliphatic rings. The third-order valence-electron chi connectivity index (χ3n) is 3.58. The Labute approximate surface area is 157 Å². The summed E-state index contributed by atoms with van der Waals surface area (Å²) in [4.78, 5) is 23.8. The van der Waals surface area contributed by atoms with Gasteiger partial charge in [0.25, 0.3) is 5.69 Å². The average molecular weight is 402 g/mol. The number of hydrogen-bond acceptors (Lipinski definition) is 4. The number of nitro benzene ring substituents is 1. The van der Waals surface area contributed by atoms with Crippen molar-refractivity contribution in [3.8, 4) is 0 Å². The Balaban J connectivity index is 1.93. The molecule has 0 unspecified atom stereocenters. The number of carbonyl (C=O) groups is 1. The largest absolute Gasteiger partial charge is 0.416 e. The molecular weight excluding hydrogens is 387 g/mol. The molecular formula is C17H15ClF3N3O3. The van der Waals surface area contributed by atoms with Crippen molar-refractivity contribution in [2.45, 2.75) is 12.7 Å². The van der Waals surface area contributed by atoms with E-state index in [1.54, 1.807) is 11.9 Å². The van der Waals surface area contributed by atoms with E-state index in [1.807, 2.05) is 0 Å². The molecule has 0 atom stereocenters. The van der Waals surface area contributed by atoms with E-state index in [9.17, 15) is 28.1 Å². The molecule has 2 aromatic rings. The third kappa shape index (κ3) is 5.93. The molecule has 6 nitrogen and oxygen atoms in total. The highest BCUT2D eigenvalue weighted by atomic mass is 35.5. The van der Waals surface area contributed by atoms with Gasteiger partial charge in [0.15, 0.2) is 0 Å². The molecule has 0 aromatic heterocycles. The molecule has 0 saturated heterocycles. The van der Waals surface area contributed by atoms with Gasteiger partial charge in [-0.2, -0.15) is 13.2 Å². The zero-order valence-corrected chi connectivity index (χ0v) is 14.8. The number of nitrogens with one attached hydrogen (secondary N) is 1. The molecule has 0 bridgehead atoms. The summed E-state index contributed by atoms with van der Waals surface area (Å²) in [6.07, 6.45) is -4.39. The summed E-state index contributed by atoms with van der Waals surface area (Å²) in [5, 5.41) is 13.2. The molecule has 0 fully saturated rings. The molecule has 0 heterocycles. The maximum atomic E-state index is 12.6. The van der Waals surface area contributed by atoms with Crippen molar-refractivity contribution in [3.63, 3.8) is 0 Å². The Morgan fingerprint density at radius 3 is 2.37 bits per heavy atom. The van der Waals surface area contributed by atoms with Crippen molar-refractivity contribution in [1.29, 1.82) is 0 Å². The zero-order valence-electron chi connectivity index (χ0n) is 14.1. The number of hydrogen-bond donors (Lipinski definition) is 1. The first-order valence-electron chi connectivity index (χ1n) is 7.64. The standard InChI is InChI=1S/C17H15ClF3N3O3/c1-23(9-11-2-4-12(5-3-11)17(19,20)21)10-16(25)22-15-7-6-13(24(26)27)8-14(15)18/h2-8H,9-10H2,1H3,(H,22,25). The highest BCUT2D eigenvalue weighted by molar-refractivity contribution is 6.34. The van der Waals surface area contributed by atoms with Crippen LogP contribution in [0.2, 0.25) is 5.02 Å². The van der Waals surface area contributed by atoms with Crippen LogP contribution < -0.4 is 5.32 Å². The predicted octanol–water partition coefficient (Wildman–Crippen LogP) is 4.34. The molecule has 2 rings (SSSR count). The monoisotopic (exact) mass is 401 g/mol. The van der Waals surface area contributed by atoms with E-state index in [2.05, 4.69) is 5.32 Å². The number of likely N-dealkylation sites (N-methyl/N-ethyl adjacent to an activating group) is 1. The molecule has 0 spiro atoms. The van der Waals surface area contributed by atoms with Gasteiger partial charge in [-0.25, -0.2) is 0 Å². The first-order valence-corrected chi connectivity index (χ1v) is 8.02. The van der Waals surface area contributed by atoms with Crippen LogP contribution in [-0.4, -0.2) is 29.3 Å². The van der Waals surface area contributed by atoms with Crippen LogP contribution in [0.4, 0.5) is 24.5 Å². The van der Waals surface area contributed by atoms with Crippen molar-refractivity contribution in [1.82, 2.24) is 4.90 Å². The van der Waals surface area contributed by atoms with E-state index in [1.165, 1.54) is 24.3 Å². The molecule has 0 aliphatic carbocycles. The lowest BCUT2D eigenvalue weighted by Crippen LogP contribution is -2.29. The molecule has 0 radical (unpaired) electrons. The number of benzene rings is 2. The van der Waals surface area contributed by atoms with Crippen LogP contribution >= 0.6 is 11.6 Å². The number of halogens is 4. The molecule has 2 aromatic carbocycles. The summed E-state index contributed by atoms with van der Waals surface area (Å²) in [7, 11) is 1.63. The van der Waals surface area contributed by atoms with Gasteiger partial charge >= 0.3 is 6.18 Å². The Kier molecular flexibility index (Phi) is 6.40. The quantitative estimate of drug-likeness (QED) is 0.577. The summed E-state index contributed by atoms with van der Waals surface area (Å²) < 4.78 is 37.7. The van der Waals surface area contributed by atoms with Crippen LogP contribution in [0.25, 0.3) is 0 Å². The minimum atomic E-state index is -4.39. The molecule has 10 heteroatoms.